The highest BCUT2D eigenvalue weighted by molar-refractivity contribution is 5.71. The van der Waals surface area contributed by atoms with E-state index in [2.05, 4.69) is 71.4 Å². The van der Waals surface area contributed by atoms with Crippen molar-refractivity contribution in [3.63, 3.8) is 0 Å². The summed E-state index contributed by atoms with van der Waals surface area (Å²) in [6, 6.07) is 23.8. The molecule has 0 radical (unpaired) electrons. The van der Waals surface area contributed by atoms with Gasteiger partial charge in [0.05, 0.1) is 18.9 Å². The van der Waals surface area contributed by atoms with Crippen molar-refractivity contribution in [2.24, 2.45) is 0 Å². The summed E-state index contributed by atoms with van der Waals surface area (Å²) >= 11 is 0. The Morgan fingerprint density at radius 1 is 1.05 bits per heavy atom. The Labute approximate surface area is 245 Å². The van der Waals surface area contributed by atoms with E-state index < -0.39 is 0 Å². The van der Waals surface area contributed by atoms with Gasteiger partial charge < -0.3 is 9.47 Å². The smallest absolute Gasteiger partial charge is 0.307 e. The van der Waals surface area contributed by atoms with Crippen LogP contribution in [-0.4, -0.2) is 24.0 Å². The van der Waals surface area contributed by atoms with E-state index >= 15 is 0 Å². The molecule has 4 heteroatoms. The van der Waals surface area contributed by atoms with Crippen LogP contribution in [0.1, 0.15) is 84.7 Å². The molecular formula is C37H41NO3. The Hall–Kier alpha value is -3.81. The monoisotopic (exact) mass is 547 g/mol. The number of carbonyl (C=O) groups is 1. The molecule has 3 aromatic rings. The van der Waals surface area contributed by atoms with Crippen molar-refractivity contribution >= 4 is 5.97 Å². The second-order valence-electron chi connectivity index (χ2n) is 11.1. The molecule has 0 saturated heterocycles. The third-order valence-electron chi connectivity index (χ3n) is 8.21. The zero-order chi connectivity index (χ0) is 28.4. The van der Waals surface area contributed by atoms with Gasteiger partial charge in [-0.2, -0.15) is 0 Å². The molecule has 2 atom stereocenters. The van der Waals surface area contributed by atoms with Crippen LogP contribution in [-0.2, 0) is 35.6 Å². The summed E-state index contributed by atoms with van der Waals surface area (Å²) in [7, 11) is 0. The quantitative estimate of drug-likeness (QED) is 0.148. The van der Waals surface area contributed by atoms with Gasteiger partial charge >= 0.3 is 5.97 Å². The summed E-state index contributed by atoms with van der Waals surface area (Å²) in [5.74, 6) is 7.04. The standard InChI is InChI=1S/C37H41NO3/c1-3-10-32(24-37(39)40-4-2)30-17-19-35(20-18-30)41-27-34-16-15-28(23-36(34)31-12-6-5-7-13-31)25-38-22-21-29-11-8-9-14-33(29)26-38/h5-6,8-9,11,14-20,23,31-32H,4,7,12-13,21-22,24-27H2,1-2H3. The number of allylic oxidation sites excluding steroid dienone is 2. The van der Waals surface area contributed by atoms with Crippen LogP contribution < -0.4 is 4.74 Å². The van der Waals surface area contributed by atoms with E-state index in [0.29, 0.717) is 19.1 Å². The molecule has 3 aromatic carbocycles. The van der Waals surface area contributed by atoms with E-state index in [1.807, 2.05) is 31.2 Å². The Morgan fingerprint density at radius 3 is 2.63 bits per heavy atom. The fourth-order valence-electron chi connectivity index (χ4n) is 6.05. The first-order chi connectivity index (χ1) is 20.1. The molecule has 0 bridgehead atoms. The van der Waals surface area contributed by atoms with Crippen molar-refractivity contribution in [3.8, 4) is 17.6 Å². The number of fused-ring (bicyclic) bond motifs is 1. The fourth-order valence-corrected chi connectivity index (χ4v) is 6.05. The Morgan fingerprint density at radius 2 is 1.88 bits per heavy atom. The number of benzene rings is 3. The van der Waals surface area contributed by atoms with Crippen molar-refractivity contribution in [1.82, 2.24) is 4.90 Å². The van der Waals surface area contributed by atoms with Gasteiger partial charge in [-0.05, 0) is 91.0 Å². The Balaban J connectivity index is 1.27. The van der Waals surface area contributed by atoms with E-state index in [-0.39, 0.29) is 18.3 Å². The maximum Gasteiger partial charge on any atom is 0.307 e. The topological polar surface area (TPSA) is 38.8 Å². The minimum Gasteiger partial charge on any atom is -0.489 e. The molecular weight excluding hydrogens is 506 g/mol. The molecule has 1 aliphatic carbocycles. The number of esters is 1. The van der Waals surface area contributed by atoms with E-state index in [4.69, 9.17) is 9.47 Å². The van der Waals surface area contributed by atoms with Gasteiger partial charge in [0, 0.05) is 19.6 Å². The van der Waals surface area contributed by atoms with Crippen LogP contribution in [0.15, 0.2) is 78.9 Å². The predicted octanol–water partition coefficient (Wildman–Crippen LogP) is 7.71. The lowest BCUT2D eigenvalue weighted by molar-refractivity contribution is -0.143. The third kappa shape index (κ3) is 7.69. The molecule has 0 N–H and O–H groups in total. The molecule has 1 heterocycles. The lowest BCUT2D eigenvalue weighted by Gasteiger charge is -2.29. The van der Waals surface area contributed by atoms with Crippen molar-refractivity contribution in [2.45, 2.75) is 77.5 Å². The number of rotatable bonds is 10. The first kappa shape index (κ1) is 28.7. The van der Waals surface area contributed by atoms with Gasteiger partial charge in [-0.25, -0.2) is 0 Å². The maximum atomic E-state index is 12.1. The predicted molar refractivity (Wildman–Crippen MR) is 165 cm³/mol. The molecule has 1 aliphatic heterocycles. The molecule has 212 valence electrons. The molecule has 5 rings (SSSR count). The second-order valence-corrected chi connectivity index (χ2v) is 11.1. The lowest BCUT2D eigenvalue weighted by atomic mass is 9.84. The summed E-state index contributed by atoms with van der Waals surface area (Å²) in [6.45, 7) is 7.62. The first-order valence-electron chi connectivity index (χ1n) is 15.0. The van der Waals surface area contributed by atoms with Gasteiger partial charge in [-0.3, -0.25) is 9.69 Å². The molecule has 0 fully saturated rings. The van der Waals surface area contributed by atoms with Gasteiger partial charge in [0.15, 0.2) is 0 Å². The number of nitrogens with zero attached hydrogens (tertiary/aromatic N) is 1. The summed E-state index contributed by atoms with van der Waals surface area (Å²) in [5, 5.41) is 0. The Bertz CT molecular complexity index is 1410. The van der Waals surface area contributed by atoms with E-state index in [9.17, 15) is 4.79 Å². The zero-order valence-corrected chi connectivity index (χ0v) is 24.4. The number of ether oxygens (including phenoxy) is 2. The van der Waals surface area contributed by atoms with E-state index in [0.717, 1.165) is 50.2 Å². The molecule has 0 amide bonds. The van der Waals surface area contributed by atoms with Gasteiger partial charge in [-0.1, -0.05) is 72.7 Å². The number of hydrogen-bond acceptors (Lipinski definition) is 4. The molecule has 0 saturated carbocycles. The molecule has 4 nitrogen and oxygen atoms in total. The van der Waals surface area contributed by atoms with Gasteiger partial charge in [-0.15, -0.1) is 5.92 Å². The summed E-state index contributed by atoms with van der Waals surface area (Å²) in [4.78, 5) is 14.6. The highest BCUT2D eigenvalue weighted by atomic mass is 16.5. The van der Waals surface area contributed by atoms with Gasteiger partial charge in [0.2, 0.25) is 0 Å². The van der Waals surface area contributed by atoms with Crippen LogP contribution in [0.5, 0.6) is 5.75 Å². The van der Waals surface area contributed by atoms with E-state index in [1.54, 1.807) is 6.92 Å². The fraction of sp³-hybridized carbons (Fsp3) is 0.378. The average molecular weight is 548 g/mol. The Kier molecular flexibility index (Phi) is 9.94. The third-order valence-corrected chi connectivity index (χ3v) is 8.21. The molecule has 2 aliphatic rings. The summed E-state index contributed by atoms with van der Waals surface area (Å²) in [5.41, 5.74) is 8.02. The normalized spacial score (nSPS) is 17.2. The minimum atomic E-state index is -0.223. The van der Waals surface area contributed by atoms with Crippen LogP contribution in [0.4, 0.5) is 0 Å². The van der Waals surface area contributed by atoms with E-state index in [1.165, 1.54) is 34.2 Å². The van der Waals surface area contributed by atoms with Crippen LogP contribution in [0.2, 0.25) is 0 Å². The van der Waals surface area contributed by atoms with Gasteiger partial charge in [0.25, 0.3) is 0 Å². The average Bonchev–Trinajstić information content (AvgIpc) is 3.01. The van der Waals surface area contributed by atoms with Crippen LogP contribution >= 0.6 is 0 Å². The first-order valence-corrected chi connectivity index (χ1v) is 15.0. The number of carbonyl (C=O) groups excluding carboxylic acids is 1. The van der Waals surface area contributed by atoms with Crippen molar-refractivity contribution in [2.75, 3.05) is 13.2 Å². The lowest BCUT2D eigenvalue weighted by Crippen LogP contribution is -2.30. The largest absolute Gasteiger partial charge is 0.489 e. The second kappa shape index (κ2) is 14.2. The zero-order valence-electron chi connectivity index (χ0n) is 24.4. The van der Waals surface area contributed by atoms with Gasteiger partial charge in [0.1, 0.15) is 12.4 Å². The SMILES string of the molecule is CC#CC(CC(=O)OCC)c1ccc(OCc2ccc(CN3CCc4ccccc4C3)cc2C2CC=CCC2)cc1. The van der Waals surface area contributed by atoms with Crippen LogP contribution in [0, 0.1) is 11.8 Å². The summed E-state index contributed by atoms with van der Waals surface area (Å²) in [6.07, 6.45) is 9.41. The molecule has 2 unspecified atom stereocenters. The maximum absolute atomic E-state index is 12.1. The molecule has 0 aromatic heterocycles. The van der Waals surface area contributed by atoms with Crippen molar-refractivity contribution < 1.29 is 14.3 Å². The van der Waals surface area contributed by atoms with Crippen molar-refractivity contribution in [3.05, 3.63) is 112 Å². The highest BCUT2D eigenvalue weighted by Crippen LogP contribution is 2.33. The number of hydrogen-bond donors (Lipinski definition) is 0. The molecule has 41 heavy (non-hydrogen) atoms. The molecule has 0 spiro atoms. The highest BCUT2D eigenvalue weighted by Gasteiger charge is 2.20. The van der Waals surface area contributed by atoms with Crippen molar-refractivity contribution in [1.29, 1.82) is 0 Å². The minimum absolute atomic E-state index is 0.181. The summed E-state index contributed by atoms with van der Waals surface area (Å²) < 4.78 is 11.5. The van der Waals surface area contributed by atoms with Crippen LogP contribution in [0.25, 0.3) is 0 Å². The van der Waals surface area contributed by atoms with Crippen LogP contribution in [0.3, 0.4) is 0 Å².